The highest BCUT2D eigenvalue weighted by atomic mass is 15.4. The molecule has 2 heteroatoms. The predicted molar refractivity (Wildman–Crippen MR) is 97.2 cm³/mol. The van der Waals surface area contributed by atoms with Gasteiger partial charge in [-0.15, -0.1) is 0 Å². The Labute approximate surface area is 144 Å². The van der Waals surface area contributed by atoms with Crippen molar-refractivity contribution in [1.29, 1.82) is 0 Å². The van der Waals surface area contributed by atoms with Crippen molar-refractivity contribution in [3.05, 3.63) is 83.9 Å². The Hall–Kier alpha value is -1.90. The molecule has 0 spiro atoms. The van der Waals surface area contributed by atoms with Gasteiger partial charge < -0.3 is 0 Å². The summed E-state index contributed by atoms with van der Waals surface area (Å²) in [4.78, 5) is 5.44. The molecule has 3 aliphatic rings. The van der Waals surface area contributed by atoms with E-state index in [1.54, 1.807) is 0 Å². The molecule has 2 nitrogen and oxygen atoms in total. The van der Waals surface area contributed by atoms with Gasteiger partial charge in [0.1, 0.15) is 0 Å². The van der Waals surface area contributed by atoms with Gasteiger partial charge in [0.2, 0.25) is 0 Å². The molecular weight excluding hydrogens is 292 g/mol. The molecule has 2 bridgehead atoms. The summed E-state index contributed by atoms with van der Waals surface area (Å²) >= 11 is 0. The second-order valence-electron chi connectivity index (χ2n) is 7.54. The number of hydrogen-bond donors (Lipinski definition) is 0. The quantitative estimate of drug-likeness (QED) is 0.789. The van der Waals surface area contributed by atoms with Crippen molar-refractivity contribution >= 4 is 0 Å². The molecular formula is C22H24N2. The van der Waals surface area contributed by atoms with E-state index in [2.05, 4.69) is 82.6 Å². The highest BCUT2D eigenvalue weighted by Crippen LogP contribution is 2.48. The van der Waals surface area contributed by atoms with E-state index < -0.39 is 0 Å². The van der Waals surface area contributed by atoms with Crippen LogP contribution in [0.4, 0.5) is 0 Å². The summed E-state index contributed by atoms with van der Waals surface area (Å²) < 4.78 is 0. The molecule has 2 aliphatic carbocycles. The Balaban J connectivity index is 1.40. The Morgan fingerprint density at radius 3 is 1.58 bits per heavy atom. The maximum atomic E-state index is 2.72. The van der Waals surface area contributed by atoms with Crippen LogP contribution in [0.25, 0.3) is 0 Å². The highest BCUT2D eigenvalue weighted by molar-refractivity contribution is 5.24. The molecule has 2 aromatic rings. The third-order valence-electron chi connectivity index (χ3n) is 6.04. The average Bonchev–Trinajstić information content (AvgIpc) is 3.31. The van der Waals surface area contributed by atoms with E-state index in [-0.39, 0.29) is 0 Å². The first kappa shape index (κ1) is 14.4. The zero-order valence-electron chi connectivity index (χ0n) is 14.0. The first-order valence-corrected chi connectivity index (χ1v) is 9.13. The fraction of sp³-hybridized carbons (Fsp3) is 0.364. The lowest BCUT2D eigenvalue weighted by atomic mass is 9.95. The van der Waals surface area contributed by atoms with Crippen LogP contribution in [0.1, 0.15) is 17.5 Å². The minimum Gasteiger partial charge on any atom is -0.281 e. The van der Waals surface area contributed by atoms with Gasteiger partial charge >= 0.3 is 0 Å². The van der Waals surface area contributed by atoms with Gasteiger partial charge in [-0.25, -0.2) is 0 Å². The van der Waals surface area contributed by atoms with E-state index in [9.17, 15) is 0 Å². The molecule has 24 heavy (non-hydrogen) atoms. The number of rotatable bonds is 4. The monoisotopic (exact) mass is 316 g/mol. The fourth-order valence-corrected chi connectivity index (χ4v) is 5.11. The number of fused-ring (bicyclic) bond motifs is 5. The molecule has 4 atom stereocenters. The summed E-state index contributed by atoms with van der Waals surface area (Å²) in [5.41, 5.74) is 2.87. The number of benzene rings is 2. The predicted octanol–water partition coefficient (Wildman–Crippen LogP) is 3.91. The Morgan fingerprint density at radius 1 is 0.667 bits per heavy atom. The molecule has 1 aliphatic heterocycles. The van der Waals surface area contributed by atoms with Gasteiger partial charge in [0, 0.05) is 25.2 Å². The minimum atomic E-state index is 0.698. The van der Waals surface area contributed by atoms with E-state index in [4.69, 9.17) is 0 Å². The van der Waals surface area contributed by atoms with Crippen molar-refractivity contribution in [3.8, 4) is 0 Å². The van der Waals surface area contributed by atoms with Crippen molar-refractivity contribution < 1.29 is 0 Å². The Morgan fingerprint density at radius 2 is 1.12 bits per heavy atom. The van der Waals surface area contributed by atoms with Gasteiger partial charge in [-0.2, -0.15) is 0 Å². The maximum Gasteiger partial charge on any atom is 0.0520 e. The number of nitrogens with zero attached hydrogens (tertiary/aromatic N) is 2. The van der Waals surface area contributed by atoms with Crippen molar-refractivity contribution in [2.45, 2.75) is 31.6 Å². The average molecular weight is 316 g/mol. The second kappa shape index (κ2) is 5.87. The smallest absolute Gasteiger partial charge is 0.0520 e. The molecule has 0 N–H and O–H groups in total. The molecule has 0 aromatic heterocycles. The maximum absolute atomic E-state index is 2.72. The van der Waals surface area contributed by atoms with E-state index in [0.717, 1.165) is 31.6 Å². The molecule has 2 aromatic carbocycles. The first-order chi connectivity index (χ1) is 11.9. The summed E-state index contributed by atoms with van der Waals surface area (Å²) in [7, 11) is 0. The van der Waals surface area contributed by atoms with Gasteiger partial charge in [0.25, 0.3) is 0 Å². The zero-order valence-corrected chi connectivity index (χ0v) is 14.0. The van der Waals surface area contributed by atoms with Crippen molar-refractivity contribution in [2.75, 3.05) is 6.67 Å². The van der Waals surface area contributed by atoms with Crippen LogP contribution in [0, 0.1) is 11.8 Å². The molecule has 5 rings (SSSR count). The van der Waals surface area contributed by atoms with Crippen LogP contribution >= 0.6 is 0 Å². The Bertz CT molecular complexity index is 663. The summed E-state index contributed by atoms with van der Waals surface area (Å²) in [6, 6.07) is 23.3. The van der Waals surface area contributed by atoms with Crippen LogP contribution in [-0.4, -0.2) is 28.6 Å². The summed E-state index contributed by atoms with van der Waals surface area (Å²) in [5.74, 6) is 1.51. The summed E-state index contributed by atoms with van der Waals surface area (Å²) in [6.07, 6.45) is 6.32. The van der Waals surface area contributed by atoms with Crippen molar-refractivity contribution in [1.82, 2.24) is 9.80 Å². The molecule has 2 fully saturated rings. The van der Waals surface area contributed by atoms with Gasteiger partial charge in [-0.3, -0.25) is 9.80 Å². The molecule has 122 valence electrons. The lowest BCUT2D eigenvalue weighted by Gasteiger charge is -2.29. The fourth-order valence-electron chi connectivity index (χ4n) is 5.11. The molecule has 1 saturated heterocycles. The van der Waals surface area contributed by atoms with Crippen molar-refractivity contribution in [2.24, 2.45) is 11.8 Å². The third-order valence-corrected chi connectivity index (χ3v) is 6.04. The van der Waals surface area contributed by atoms with E-state index in [1.165, 1.54) is 17.5 Å². The van der Waals surface area contributed by atoms with Crippen molar-refractivity contribution in [3.63, 3.8) is 0 Å². The molecule has 1 heterocycles. The van der Waals surface area contributed by atoms with Crippen LogP contribution in [0.2, 0.25) is 0 Å². The van der Waals surface area contributed by atoms with Crippen LogP contribution in [0.15, 0.2) is 72.8 Å². The molecule has 1 saturated carbocycles. The van der Waals surface area contributed by atoms with E-state index in [1.807, 2.05) is 0 Å². The van der Waals surface area contributed by atoms with Gasteiger partial charge in [-0.05, 0) is 29.4 Å². The summed E-state index contributed by atoms with van der Waals surface area (Å²) in [6.45, 7) is 3.24. The highest BCUT2D eigenvalue weighted by Gasteiger charge is 2.53. The van der Waals surface area contributed by atoms with Crippen LogP contribution in [0.3, 0.4) is 0 Å². The largest absolute Gasteiger partial charge is 0.281 e. The summed E-state index contributed by atoms with van der Waals surface area (Å²) in [5, 5.41) is 0. The zero-order chi connectivity index (χ0) is 15.9. The Kier molecular flexibility index (Phi) is 3.53. The minimum absolute atomic E-state index is 0.698. The lowest BCUT2D eigenvalue weighted by Crippen LogP contribution is -2.40. The second-order valence-corrected chi connectivity index (χ2v) is 7.54. The van der Waals surface area contributed by atoms with Gasteiger partial charge in [-0.1, -0.05) is 72.8 Å². The third kappa shape index (κ3) is 2.42. The lowest BCUT2D eigenvalue weighted by molar-refractivity contribution is 0.180. The van der Waals surface area contributed by atoms with E-state index in [0.29, 0.717) is 12.1 Å². The van der Waals surface area contributed by atoms with Crippen LogP contribution in [-0.2, 0) is 13.1 Å². The first-order valence-electron chi connectivity index (χ1n) is 9.13. The molecule has 0 unspecified atom stereocenters. The molecule has 0 radical (unpaired) electrons. The molecule has 0 amide bonds. The topological polar surface area (TPSA) is 6.48 Å². The number of hydrogen-bond acceptors (Lipinski definition) is 2. The van der Waals surface area contributed by atoms with Crippen LogP contribution in [0.5, 0.6) is 0 Å². The SMILES string of the molecule is C1=C[C@H]2C[C@@H]1[C@@H]1[C@H]2N(Cc2ccccc2)CN1Cc1ccccc1. The van der Waals surface area contributed by atoms with E-state index >= 15 is 0 Å². The standard InChI is InChI=1S/C22H24N2/c1-3-7-17(8-4-1)14-23-16-24(15-18-9-5-2-6-10-18)22-20-12-11-19(13-20)21(22)23/h1-12,19-22H,13-16H2/t19-,20+,21-,22+. The van der Waals surface area contributed by atoms with Gasteiger partial charge in [0.05, 0.1) is 6.67 Å². The normalized spacial score (nSPS) is 31.7. The van der Waals surface area contributed by atoms with Crippen LogP contribution < -0.4 is 0 Å². The van der Waals surface area contributed by atoms with Gasteiger partial charge in [0.15, 0.2) is 0 Å².